The molecule has 0 saturated carbocycles. The van der Waals surface area contributed by atoms with Crippen LogP contribution in [-0.2, 0) is 11.8 Å². The summed E-state index contributed by atoms with van der Waals surface area (Å²) in [5.74, 6) is 0.0811. The molecule has 0 aliphatic carbocycles. The molecule has 0 N–H and O–H groups in total. The van der Waals surface area contributed by atoms with Crippen LogP contribution >= 0.6 is 0 Å². The summed E-state index contributed by atoms with van der Waals surface area (Å²) in [5.41, 5.74) is 1.09. The summed E-state index contributed by atoms with van der Waals surface area (Å²) in [6.07, 6.45) is 3.69. The van der Waals surface area contributed by atoms with Crippen LogP contribution in [0.1, 0.15) is 29.9 Å². The average molecular weight is 447 g/mol. The highest BCUT2D eigenvalue weighted by Gasteiger charge is 2.32. The van der Waals surface area contributed by atoms with Crippen molar-refractivity contribution in [1.82, 2.24) is 24.1 Å². The Kier molecular flexibility index (Phi) is 5.24. The van der Waals surface area contributed by atoms with E-state index in [1.807, 2.05) is 35.8 Å². The first-order valence-corrected chi connectivity index (χ1v) is 11.1. The molecule has 1 unspecified atom stereocenters. The van der Waals surface area contributed by atoms with Gasteiger partial charge in [0.05, 0.1) is 18.0 Å². The molecule has 9 heteroatoms. The fourth-order valence-electron chi connectivity index (χ4n) is 4.68. The minimum atomic E-state index is -0.533. The van der Waals surface area contributed by atoms with Crippen molar-refractivity contribution < 1.29 is 14.0 Å². The zero-order valence-electron chi connectivity index (χ0n) is 18.6. The van der Waals surface area contributed by atoms with Crippen molar-refractivity contribution in [3.63, 3.8) is 0 Å². The van der Waals surface area contributed by atoms with E-state index in [0.29, 0.717) is 43.9 Å². The molecule has 1 saturated heterocycles. The van der Waals surface area contributed by atoms with E-state index in [1.165, 1.54) is 10.9 Å². The Morgan fingerprint density at radius 3 is 2.45 bits per heavy atom. The second-order valence-electron chi connectivity index (χ2n) is 8.24. The number of amides is 2. The van der Waals surface area contributed by atoms with Gasteiger partial charge < -0.3 is 18.8 Å². The third kappa shape index (κ3) is 3.40. The predicted octanol–water partition coefficient (Wildman–Crippen LogP) is 2.42. The fourth-order valence-corrected chi connectivity index (χ4v) is 4.68. The summed E-state index contributed by atoms with van der Waals surface area (Å²) in [4.78, 5) is 42.8. The van der Waals surface area contributed by atoms with Crippen LogP contribution in [0.3, 0.4) is 0 Å². The highest BCUT2D eigenvalue weighted by Crippen LogP contribution is 2.31. The molecule has 33 heavy (non-hydrogen) atoms. The minimum Gasteiger partial charge on any atom is -0.459 e. The number of piperazine rings is 1. The van der Waals surface area contributed by atoms with Gasteiger partial charge in [-0.1, -0.05) is 25.1 Å². The lowest BCUT2D eigenvalue weighted by Gasteiger charge is -2.36. The van der Waals surface area contributed by atoms with Gasteiger partial charge in [0.2, 0.25) is 5.91 Å². The van der Waals surface area contributed by atoms with Crippen molar-refractivity contribution in [2.45, 2.75) is 19.4 Å². The Morgan fingerprint density at radius 2 is 1.76 bits per heavy atom. The van der Waals surface area contributed by atoms with Crippen LogP contribution in [0.4, 0.5) is 0 Å². The highest BCUT2D eigenvalue weighted by molar-refractivity contribution is 6.08. The van der Waals surface area contributed by atoms with E-state index in [1.54, 1.807) is 35.2 Å². The van der Waals surface area contributed by atoms with Crippen LogP contribution in [0.25, 0.3) is 21.8 Å². The van der Waals surface area contributed by atoms with Crippen molar-refractivity contribution >= 4 is 33.6 Å². The molecule has 5 rings (SSSR count). The molecule has 3 aromatic heterocycles. The molecule has 0 radical (unpaired) electrons. The van der Waals surface area contributed by atoms with Gasteiger partial charge in [0.1, 0.15) is 11.6 Å². The number of benzene rings is 1. The number of aryl methyl sites for hydroxylation is 1. The van der Waals surface area contributed by atoms with Gasteiger partial charge in [-0.15, -0.1) is 0 Å². The van der Waals surface area contributed by atoms with E-state index in [-0.39, 0.29) is 17.4 Å². The zero-order valence-corrected chi connectivity index (χ0v) is 18.6. The summed E-state index contributed by atoms with van der Waals surface area (Å²) in [7, 11) is 1.61. The molecular formula is C24H25N5O4. The molecule has 0 bridgehead atoms. The van der Waals surface area contributed by atoms with E-state index in [0.717, 1.165) is 16.3 Å². The van der Waals surface area contributed by atoms with Gasteiger partial charge in [-0.3, -0.25) is 14.4 Å². The van der Waals surface area contributed by atoms with Crippen molar-refractivity contribution in [3.05, 3.63) is 65.0 Å². The van der Waals surface area contributed by atoms with E-state index in [2.05, 4.69) is 5.10 Å². The first-order chi connectivity index (χ1) is 16.0. The number of aromatic nitrogens is 3. The molecule has 2 amide bonds. The summed E-state index contributed by atoms with van der Waals surface area (Å²) in [6, 6.07) is 10.5. The summed E-state index contributed by atoms with van der Waals surface area (Å²) < 4.78 is 8.39. The van der Waals surface area contributed by atoms with E-state index >= 15 is 0 Å². The Morgan fingerprint density at radius 1 is 1.03 bits per heavy atom. The van der Waals surface area contributed by atoms with Crippen molar-refractivity contribution in [3.8, 4) is 0 Å². The van der Waals surface area contributed by atoms with E-state index in [4.69, 9.17) is 4.42 Å². The molecule has 1 aliphatic heterocycles. The quantitative estimate of drug-likeness (QED) is 0.479. The number of rotatable bonds is 4. The zero-order chi connectivity index (χ0) is 23.1. The first kappa shape index (κ1) is 21.0. The molecule has 1 aliphatic rings. The third-order valence-electron chi connectivity index (χ3n) is 6.40. The van der Waals surface area contributed by atoms with Crippen LogP contribution in [0.2, 0.25) is 0 Å². The molecule has 1 atom stereocenters. The van der Waals surface area contributed by atoms with E-state index in [9.17, 15) is 14.4 Å². The van der Waals surface area contributed by atoms with Gasteiger partial charge in [-0.2, -0.15) is 5.10 Å². The van der Waals surface area contributed by atoms with Crippen LogP contribution in [0.5, 0.6) is 0 Å². The number of nitrogens with zero attached hydrogens (tertiary/aromatic N) is 5. The molecule has 1 fully saturated rings. The van der Waals surface area contributed by atoms with Gasteiger partial charge >= 0.3 is 0 Å². The molecule has 4 heterocycles. The number of fused-ring (bicyclic) bond motifs is 3. The third-order valence-corrected chi connectivity index (χ3v) is 6.40. The number of furan rings is 1. The Balaban J connectivity index is 1.47. The maximum Gasteiger partial charge on any atom is 0.291 e. The minimum absolute atomic E-state index is 0.0517. The second kappa shape index (κ2) is 8.23. The van der Waals surface area contributed by atoms with Gasteiger partial charge in [0.15, 0.2) is 5.76 Å². The standard InChI is InChI=1S/C24H25N5O4/c1-3-18(22(30)27-10-12-28(13-11-27)23(31)20-9-6-14-33-20)29-19-8-5-4-7-16(19)17-15-25-26(2)24(32)21(17)29/h4-9,14-15,18H,3,10-13H2,1-2H3. The number of hydrogen-bond donors (Lipinski definition) is 0. The van der Waals surface area contributed by atoms with Gasteiger partial charge in [-0.25, -0.2) is 4.68 Å². The highest BCUT2D eigenvalue weighted by atomic mass is 16.3. The Bertz CT molecular complexity index is 1390. The molecule has 1 aromatic carbocycles. The summed E-state index contributed by atoms with van der Waals surface area (Å²) in [5, 5.41) is 5.83. The smallest absolute Gasteiger partial charge is 0.291 e. The number of carbonyl (C=O) groups is 2. The van der Waals surface area contributed by atoms with Crippen molar-refractivity contribution in [2.75, 3.05) is 26.2 Å². The number of carbonyl (C=O) groups excluding carboxylic acids is 2. The first-order valence-electron chi connectivity index (χ1n) is 11.1. The van der Waals surface area contributed by atoms with Crippen LogP contribution in [0.15, 0.2) is 58.1 Å². The lowest BCUT2D eigenvalue weighted by molar-refractivity contribution is -0.136. The van der Waals surface area contributed by atoms with Crippen molar-refractivity contribution in [2.24, 2.45) is 7.05 Å². The van der Waals surface area contributed by atoms with Crippen LogP contribution < -0.4 is 5.56 Å². The SMILES string of the molecule is CCC(C(=O)N1CCN(C(=O)c2ccco2)CC1)n1c2ccccc2c2cnn(C)c(=O)c21. The van der Waals surface area contributed by atoms with Crippen molar-refractivity contribution in [1.29, 1.82) is 0 Å². The number of hydrogen-bond acceptors (Lipinski definition) is 5. The van der Waals surface area contributed by atoms with Gasteiger partial charge in [0, 0.05) is 44.0 Å². The molecule has 0 spiro atoms. The topological polar surface area (TPSA) is 93.6 Å². The lowest BCUT2D eigenvalue weighted by Crippen LogP contribution is -2.52. The molecule has 170 valence electrons. The largest absolute Gasteiger partial charge is 0.459 e. The molecule has 9 nitrogen and oxygen atoms in total. The fraction of sp³-hybridized carbons (Fsp3) is 0.333. The maximum atomic E-state index is 13.7. The molecule has 4 aromatic rings. The monoisotopic (exact) mass is 447 g/mol. The predicted molar refractivity (Wildman–Crippen MR) is 123 cm³/mol. The maximum absolute atomic E-state index is 13.7. The Labute approximate surface area is 189 Å². The van der Waals surface area contributed by atoms with Gasteiger partial charge in [-0.05, 0) is 24.6 Å². The van der Waals surface area contributed by atoms with Gasteiger partial charge in [0.25, 0.3) is 11.5 Å². The number of para-hydroxylation sites is 1. The van der Waals surface area contributed by atoms with E-state index < -0.39 is 6.04 Å². The van der Waals surface area contributed by atoms with Crippen LogP contribution in [0, 0.1) is 0 Å². The average Bonchev–Trinajstić information content (AvgIpc) is 3.49. The summed E-state index contributed by atoms with van der Waals surface area (Å²) in [6.45, 7) is 3.67. The lowest BCUT2D eigenvalue weighted by atomic mass is 10.1. The normalized spacial score (nSPS) is 15.3. The Hall–Kier alpha value is -3.88. The molecular weight excluding hydrogens is 422 g/mol. The van der Waals surface area contributed by atoms with Crippen LogP contribution in [-0.4, -0.2) is 62.1 Å². The second-order valence-corrected chi connectivity index (χ2v) is 8.24. The summed E-state index contributed by atoms with van der Waals surface area (Å²) >= 11 is 0.